The topological polar surface area (TPSA) is 66.0 Å². The zero-order valence-corrected chi connectivity index (χ0v) is 18.1. The number of para-hydroxylation sites is 1. The number of carbonyl (C=O) groups excluding carboxylic acids is 1. The number of benzene rings is 2. The molecule has 160 valence electrons. The van der Waals surface area contributed by atoms with Crippen molar-refractivity contribution < 1.29 is 9.53 Å². The van der Waals surface area contributed by atoms with Gasteiger partial charge in [-0.2, -0.15) is 0 Å². The molecule has 0 aromatic heterocycles. The van der Waals surface area contributed by atoms with Gasteiger partial charge in [-0.3, -0.25) is 9.79 Å². The van der Waals surface area contributed by atoms with E-state index in [0.29, 0.717) is 44.3 Å². The van der Waals surface area contributed by atoms with Crippen molar-refractivity contribution in [2.45, 2.75) is 26.9 Å². The van der Waals surface area contributed by atoms with Crippen LogP contribution in [-0.4, -0.2) is 43.5 Å². The van der Waals surface area contributed by atoms with E-state index in [1.54, 1.807) is 13.1 Å². The van der Waals surface area contributed by atoms with Crippen LogP contribution in [-0.2, 0) is 13.1 Å². The molecule has 0 saturated heterocycles. The van der Waals surface area contributed by atoms with Crippen LogP contribution in [0.5, 0.6) is 5.75 Å². The Labute approximate surface area is 179 Å². The number of nitrogens with one attached hydrogen (secondary N) is 2. The van der Waals surface area contributed by atoms with E-state index in [1.807, 2.05) is 67.3 Å². The predicted octanol–water partition coefficient (Wildman–Crippen LogP) is 3.60. The van der Waals surface area contributed by atoms with E-state index in [2.05, 4.69) is 22.2 Å². The lowest BCUT2D eigenvalue weighted by Gasteiger charge is -2.18. The number of aliphatic imine (C=N–C) groups is 1. The fourth-order valence-electron chi connectivity index (χ4n) is 2.98. The standard InChI is InChI=1S/C24H32N4O2/c1-5-16-30-22-11-9-8-10-21(22)18-27-24(25-4)26-17-19-12-14-20(15-13-19)23(29)28(6-2)7-3/h5,8-15H,1,6-7,16-18H2,2-4H3,(H2,25,26,27). The summed E-state index contributed by atoms with van der Waals surface area (Å²) in [5, 5.41) is 6.60. The third kappa shape index (κ3) is 6.65. The second-order valence-electron chi connectivity index (χ2n) is 6.66. The molecule has 0 heterocycles. The second kappa shape index (κ2) is 12.3. The van der Waals surface area contributed by atoms with Gasteiger partial charge in [-0.05, 0) is 37.6 Å². The van der Waals surface area contributed by atoms with Gasteiger partial charge < -0.3 is 20.3 Å². The van der Waals surface area contributed by atoms with E-state index in [0.717, 1.165) is 16.9 Å². The number of carbonyl (C=O) groups is 1. The molecule has 0 aliphatic rings. The zero-order chi connectivity index (χ0) is 21.8. The second-order valence-corrected chi connectivity index (χ2v) is 6.66. The van der Waals surface area contributed by atoms with Gasteiger partial charge in [0.25, 0.3) is 5.91 Å². The first-order valence-electron chi connectivity index (χ1n) is 10.3. The van der Waals surface area contributed by atoms with Gasteiger partial charge in [0.15, 0.2) is 5.96 Å². The SMILES string of the molecule is C=CCOc1ccccc1CNC(=NC)NCc1ccc(C(=O)N(CC)CC)cc1. The smallest absolute Gasteiger partial charge is 0.253 e. The van der Waals surface area contributed by atoms with Crippen LogP contribution in [0.2, 0.25) is 0 Å². The lowest BCUT2D eigenvalue weighted by atomic mass is 10.1. The molecule has 0 atom stereocenters. The van der Waals surface area contributed by atoms with Crippen LogP contribution in [0.25, 0.3) is 0 Å². The van der Waals surface area contributed by atoms with Crippen LogP contribution in [0.15, 0.2) is 66.2 Å². The van der Waals surface area contributed by atoms with Crippen molar-refractivity contribution in [2.75, 3.05) is 26.7 Å². The molecule has 0 fully saturated rings. The maximum absolute atomic E-state index is 12.4. The first kappa shape index (κ1) is 23.0. The monoisotopic (exact) mass is 408 g/mol. The van der Waals surface area contributed by atoms with Gasteiger partial charge in [0.1, 0.15) is 12.4 Å². The number of rotatable bonds is 10. The van der Waals surface area contributed by atoms with E-state index in [9.17, 15) is 4.79 Å². The fraction of sp³-hybridized carbons (Fsp3) is 0.333. The summed E-state index contributed by atoms with van der Waals surface area (Å²) in [6.45, 7) is 10.7. The summed E-state index contributed by atoms with van der Waals surface area (Å²) in [5.41, 5.74) is 2.83. The molecule has 2 aromatic carbocycles. The molecule has 2 N–H and O–H groups in total. The molecule has 0 bridgehead atoms. The van der Waals surface area contributed by atoms with Crippen molar-refractivity contribution in [3.8, 4) is 5.75 Å². The molecule has 0 radical (unpaired) electrons. The van der Waals surface area contributed by atoms with Crippen molar-refractivity contribution in [1.82, 2.24) is 15.5 Å². The van der Waals surface area contributed by atoms with Gasteiger partial charge in [0, 0.05) is 44.4 Å². The average Bonchev–Trinajstić information content (AvgIpc) is 2.79. The molecule has 0 aliphatic carbocycles. The minimum absolute atomic E-state index is 0.0642. The highest BCUT2D eigenvalue weighted by Crippen LogP contribution is 2.17. The number of guanidine groups is 1. The summed E-state index contributed by atoms with van der Waals surface area (Å²) in [4.78, 5) is 18.5. The van der Waals surface area contributed by atoms with E-state index in [4.69, 9.17) is 4.74 Å². The summed E-state index contributed by atoms with van der Waals surface area (Å²) in [6.07, 6.45) is 1.73. The molecule has 1 amide bonds. The van der Waals surface area contributed by atoms with Gasteiger partial charge in [-0.15, -0.1) is 0 Å². The van der Waals surface area contributed by atoms with E-state index < -0.39 is 0 Å². The summed E-state index contributed by atoms with van der Waals surface area (Å²) in [5.74, 6) is 1.58. The average molecular weight is 409 g/mol. The minimum Gasteiger partial charge on any atom is -0.489 e. The highest BCUT2D eigenvalue weighted by molar-refractivity contribution is 5.94. The lowest BCUT2D eigenvalue weighted by molar-refractivity contribution is 0.0773. The van der Waals surface area contributed by atoms with Crippen molar-refractivity contribution in [2.24, 2.45) is 4.99 Å². The van der Waals surface area contributed by atoms with Gasteiger partial charge in [0.2, 0.25) is 0 Å². The van der Waals surface area contributed by atoms with Crippen LogP contribution in [0.1, 0.15) is 35.3 Å². The Morgan fingerprint density at radius 3 is 2.37 bits per heavy atom. The van der Waals surface area contributed by atoms with Gasteiger partial charge >= 0.3 is 0 Å². The molecule has 0 spiro atoms. The third-order valence-electron chi connectivity index (χ3n) is 4.71. The molecule has 0 saturated carbocycles. The van der Waals surface area contributed by atoms with E-state index in [-0.39, 0.29) is 5.91 Å². The number of ether oxygens (including phenoxy) is 1. The first-order valence-corrected chi connectivity index (χ1v) is 10.3. The first-order chi connectivity index (χ1) is 14.6. The van der Waals surface area contributed by atoms with E-state index >= 15 is 0 Å². The largest absolute Gasteiger partial charge is 0.489 e. The molecule has 2 aromatic rings. The van der Waals surface area contributed by atoms with Gasteiger partial charge in [-0.1, -0.05) is 43.0 Å². The minimum atomic E-state index is 0.0642. The van der Waals surface area contributed by atoms with Crippen molar-refractivity contribution in [1.29, 1.82) is 0 Å². The fourth-order valence-corrected chi connectivity index (χ4v) is 2.98. The van der Waals surface area contributed by atoms with E-state index in [1.165, 1.54) is 0 Å². The molecule has 0 aliphatic heterocycles. The molecular weight excluding hydrogens is 376 g/mol. The molecule has 6 nitrogen and oxygen atoms in total. The maximum atomic E-state index is 12.4. The van der Waals surface area contributed by atoms with Crippen molar-refractivity contribution in [3.63, 3.8) is 0 Å². The molecule has 0 unspecified atom stereocenters. The lowest BCUT2D eigenvalue weighted by Crippen LogP contribution is -2.36. The normalized spacial score (nSPS) is 11.0. The summed E-state index contributed by atoms with van der Waals surface area (Å²) in [7, 11) is 1.74. The van der Waals surface area contributed by atoms with Crippen molar-refractivity contribution >= 4 is 11.9 Å². The molecule has 30 heavy (non-hydrogen) atoms. The summed E-state index contributed by atoms with van der Waals surface area (Å²) >= 11 is 0. The maximum Gasteiger partial charge on any atom is 0.253 e. The van der Waals surface area contributed by atoms with Crippen LogP contribution >= 0.6 is 0 Å². The quantitative estimate of drug-likeness (QED) is 0.358. The highest BCUT2D eigenvalue weighted by atomic mass is 16.5. The number of hydrogen-bond donors (Lipinski definition) is 2. The highest BCUT2D eigenvalue weighted by Gasteiger charge is 2.12. The number of hydrogen-bond acceptors (Lipinski definition) is 3. The number of amides is 1. The van der Waals surface area contributed by atoms with Crippen LogP contribution in [0.4, 0.5) is 0 Å². The molecular formula is C24H32N4O2. The zero-order valence-electron chi connectivity index (χ0n) is 18.1. The summed E-state index contributed by atoms with van der Waals surface area (Å²) in [6, 6.07) is 15.6. The Bertz CT molecular complexity index is 843. The van der Waals surface area contributed by atoms with Gasteiger partial charge in [0.05, 0.1) is 0 Å². The van der Waals surface area contributed by atoms with Gasteiger partial charge in [-0.25, -0.2) is 0 Å². The molecule has 6 heteroatoms. The Morgan fingerprint density at radius 2 is 1.73 bits per heavy atom. The summed E-state index contributed by atoms with van der Waals surface area (Å²) < 4.78 is 5.70. The van der Waals surface area contributed by atoms with Crippen molar-refractivity contribution in [3.05, 3.63) is 77.9 Å². The molecule has 2 rings (SSSR count). The van der Waals surface area contributed by atoms with Crippen LogP contribution in [0, 0.1) is 0 Å². The third-order valence-corrected chi connectivity index (χ3v) is 4.71. The Balaban J connectivity index is 1.90. The number of nitrogens with zero attached hydrogens (tertiary/aromatic N) is 2. The van der Waals surface area contributed by atoms with Crippen LogP contribution < -0.4 is 15.4 Å². The predicted molar refractivity (Wildman–Crippen MR) is 123 cm³/mol. The Morgan fingerprint density at radius 1 is 1.07 bits per heavy atom. The Hall–Kier alpha value is -3.28. The van der Waals surface area contributed by atoms with Crippen LogP contribution in [0.3, 0.4) is 0 Å². The Kier molecular flexibility index (Phi) is 9.45.